The number of benzene rings is 1. The summed E-state index contributed by atoms with van der Waals surface area (Å²) in [5, 5.41) is 5.90. The maximum Gasteiger partial charge on any atom is 0.240 e. The minimum atomic E-state index is -0.228. The van der Waals surface area contributed by atoms with Gasteiger partial charge < -0.3 is 13.9 Å². The van der Waals surface area contributed by atoms with E-state index < -0.39 is 0 Å². The van der Waals surface area contributed by atoms with Crippen LogP contribution in [0.4, 0.5) is 0 Å². The molecule has 2 aromatic rings. The number of methoxy groups -OCH3 is 2. The molecule has 0 unspecified atom stereocenters. The van der Waals surface area contributed by atoms with E-state index in [0.717, 1.165) is 11.3 Å². The second kappa shape index (κ2) is 6.16. The van der Waals surface area contributed by atoms with E-state index in [1.165, 1.54) is 11.9 Å². The van der Waals surface area contributed by atoms with Crippen LogP contribution in [0.1, 0.15) is 30.7 Å². The molecule has 0 saturated carbocycles. The summed E-state index contributed by atoms with van der Waals surface area (Å²) in [7, 11) is 3.20. The van der Waals surface area contributed by atoms with Crippen LogP contribution in [0.15, 0.2) is 46.1 Å². The van der Waals surface area contributed by atoms with Gasteiger partial charge in [-0.1, -0.05) is 0 Å². The lowest BCUT2D eigenvalue weighted by atomic mass is 9.99. The summed E-state index contributed by atoms with van der Waals surface area (Å²) in [6, 6.07) is 8.97. The summed E-state index contributed by atoms with van der Waals surface area (Å²) in [5.74, 6) is 1.90. The molecular formula is C17H18N2O4. The molecule has 0 bridgehead atoms. The number of hydrazone groups is 1. The zero-order chi connectivity index (χ0) is 16.4. The van der Waals surface area contributed by atoms with Gasteiger partial charge in [-0.05, 0) is 24.3 Å². The highest BCUT2D eigenvalue weighted by atomic mass is 16.5. The largest absolute Gasteiger partial charge is 0.497 e. The molecule has 0 N–H and O–H groups in total. The van der Waals surface area contributed by atoms with Crippen molar-refractivity contribution in [2.75, 3.05) is 14.2 Å². The molecule has 6 nitrogen and oxygen atoms in total. The van der Waals surface area contributed by atoms with Crippen molar-refractivity contribution in [1.29, 1.82) is 0 Å². The molecule has 6 heteroatoms. The van der Waals surface area contributed by atoms with Crippen LogP contribution in [0.3, 0.4) is 0 Å². The van der Waals surface area contributed by atoms with E-state index in [-0.39, 0.29) is 11.9 Å². The molecule has 1 aliphatic heterocycles. The predicted molar refractivity (Wildman–Crippen MR) is 84.7 cm³/mol. The van der Waals surface area contributed by atoms with Gasteiger partial charge in [-0.15, -0.1) is 0 Å². The fourth-order valence-electron chi connectivity index (χ4n) is 2.73. The van der Waals surface area contributed by atoms with Crippen LogP contribution in [-0.2, 0) is 4.79 Å². The van der Waals surface area contributed by atoms with Crippen LogP contribution >= 0.6 is 0 Å². The third-order valence-electron chi connectivity index (χ3n) is 3.84. The van der Waals surface area contributed by atoms with Crippen LogP contribution in [0.5, 0.6) is 11.5 Å². The monoisotopic (exact) mass is 314 g/mol. The van der Waals surface area contributed by atoms with E-state index in [4.69, 9.17) is 13.9 Å². The second-order valence-corrected chi connectivity index (χ2v) is 5.22. The van der Waals surface area contributed by atoms with Crippen LogP contribution in [0.25, 0.3) is 0 Å². The fraction of sp³-hybridized carbons (Fsp3) is 0.294. The smallest absolute Gasteiger partial charge is 0.240 e. The predicted octanol–water partition coefficient (Wildman–Crippen LogP) is 2.99. The summed E-state index contributed by atoms with van der Waals surface area (Å²) in [6.45, 7) is 1.50. The molecule has 0 aliphatic carbocycles. The molecule has 1 aromatic heterocycles. The first-order chi connectivity index (χ1) is 11.1. The van der Waals surface area contributed by atoms with Crippen molar-refractivity contribution in [2.45, 2.75) is 19.4 Å². The van der Waals surface area contributed by atoms with Gasteiger partial charge in [-0.3, -0.25) is 4.79 Å². The lowest BCUT2D eigenvalue weighted by Crippen LogP contribution is -2.24. The van der Waals surface area contributed by atoms with Gasteiger partial charge in [-0.25, -0.2) is 5.01 Å². The molecule has 0 radical (unpaired) electrons. The van der Waals surface area contributed by atoms with Crippen molar-refractivity contribution in [3.8, 4) is 11.5 Å². The van der Waals surface area contributed by atoms with Gasteiger partial charge in [0.2, 0.25) is 5.91 Å². The highest BCUT2D eigenvalue weighted by molar-refractivity contribution is 6.01. The number of ether oxygens (including phenoxy) is 2. The lowest BCUT2D eigenvalue weighted by Gasteiger charge is -2.22. The summed E-state index contributed by atoms with van der Waals surface area (Å²) in [5.41, 5.74) is 1.63. The van der Waals surface area contributed by atoms with E-state index in [2.05, 4.69) is 5.10 Å². The molecule has 0 fully saturated rings. The second-order valence-electron chi connectivity index (χ2n) is 5.22. The summed E-state index contributed by atoms with van der Waals surface area (Å²) >= 11 is 0. The third-order valence-corrected chi connectivity index (χ3v) is 3.84. The van der Waals surface area contributed by atoms with E-state index >= 15 is 0 Å². The van der Waals surface area contributed by atoms with Gasteiger partial charge in [-0.2, -0.15) is 5.10 Å². The molecule has 1 aliphatic rings. The van der Waals surface area contributed by atoms with Crippen molar-refractivity contribution >= 4 is 11.6 Å². The van der Waals surface area contributed by atoms with Crippen molar-refractivity contribution in [3.05, 3.63) is 47.9 Å². The molecule has 1 aromatic carbocycles. The molecule has 23 heavy (non-hydrogen) atoms. The minimum Gasteiger partial charge on any atom is -0.497 e. The van der Waals surface area contributed by atoms with E-state index in [1.54, 1.807) is 32.6 Å². The van der Waals surface area contributed by atoms with Crippen LogP contribution in [0.2, 0.25) is 0 Å². The SMILES string of the molecule is COc1ccc([C@H]2CC(c3ccco3)=NN2C(C)=O)c(OC)c1. The molecule has 1 atom stereocenters. The van der Waals surface area contributed by atoms with Crippen LogP contribution < -0.4 is 9.47 Å². The number of hydrogen-bond donors (Lipinski definition) is 0. The quantitative estimate of drug-likeness (QED) is 0.870. The Bertz CT molecular complexity index is 737. The number of furan rings is 1. The molecule has 0 saturated heterocycles. The standard InChI is InChI=1S/C17H18N2O4/c1-11(20)19-15(10-14(18-19)16-5-4-8-23-16)13-7-6-12(21-2)9-17(13)22-3/h4-9,15H,10H2,1-3H3/t15-/m1/s1. The molecule has 2 heterocycles. The number of nitrogens with zero attached hydrogens (tertiary/aromatic N) is 2. The van der Waals surface area contributed by atoms with Gasteiger partial charge in [0, 0.05) is 25.0 Å². The molecular weight excluding hydrogens is 296 g/mol. The van der Waals surface area contributed by atoms with Gasteiger partial charge in [0.05, 0.1) is 26.5 Å². The van der Waals surface area contributed by atoms with Gasteiger partial charge in [0.25, 0.3) is 0 Å². The van der Waals surface area contributed by atoms with E-state index in [9.17, 15) is 4.79 Å². The minimum absolute atomic E-state index is 0.130. The topological polar surface area (TPSA) is 64.3 Å². The van der Waals surface area contributed by atoms with Gasteiger partial charge in [0.15, 0.2) is 0 Å². The molecule has 3 rings (SSSR count). The molecule has 1 amide bonds. The van der Waals surface area contributed by atoms with Crippen molar-refractivity contribution in [2.24, 2.45) is 5.10 Å². The Morgan fingerprint density at radius 1 is 1.30 bits per heavy atom. The van der Waals surface area contributed by atoms with Gasteiger partial charge in [0.1, 0.15) is 23.0 Å². The zero-order valence-electron chi connectivity index (χ0n) is 13.3. The number of carbonyl (C=O) groups excluding carboxylic acids is 1. The molecule has 0 spiro atoms. The maximum atomic E-state index is 12.0. The number of rotatable bonds is 4. The van der Waals surface area contributed by atoms with Crippen molar-refractivity contribution < 1.29 is 18.7 Å². The average Bonchev–Trinajstić information content (AvgIpc) is 3.23. The normalized spacial score (nSPS) is 17.1. The van der Waals surface area contributed by atoms with E-state index in [1.807, 2.05) is 18.2 Å². The van der Waals surface area contributed by atoms with Crippen molar-refractivity contribution in [1.82, 2.24) is 5.01 Å². The van der Waals surface area contributed by atoms with Crippen molar-refractivity contribution in [3.63, 3.8) is 0 Å². The Hall–Kier alpha value is -2.76. The number of hydrogen-bond acceptors (Lipinski definition) is 5. The fourth-order valence-corrected chi connectivity index (χ4v) is 2.73. The average molecular weight is 314 g/mol. The van der Waals surface area contributed by atoms with E-state index in [0.29, 0.717) is 23.7 Å². The first-order valence-corrected chi connectivity index (χ1v) is 7.27. The Labute approximate surface area is 134 Å². The Morgan fingerprint density at radius 2 is 2.13 bits per heavy atom. The number of amides is 1. The number of carbonyl (C=O) groups is 1. The summed E-state index contributed by atoms with van der Waals surface area (Å²) < 4.78 is 16.1. The lowest BCUT2D eigenvalue weighted by molar-refractivity contribution is -0.130. The zero-order valence-corrected chi connectivity index (χ0v) is 13.3. The first kappa shape index (κ1) is 15.1. The highest BCUT2D eigenvalue weighted by Crippen LogP contribution is 2.38. The Kier molecular flexibility index (Phi) is 4.06. The van der Waals surface area contributed by atoms with Crippen LogP contribution in [-0.4, -0.2) is 30.8 Å². The maximum absolute atomic E-state index is 12.0. The Morgan fingerprint density at radius 3 is 2.74 bits per heavy atom. The molecule has 120 valence electrons. The Balaban J connectivity index is 1.98. The highest BCUT2D eigenvalue weighted by Gasteiger charge is 2.34. The third kappa shape index (κ3) is 2.79. The summed E-state index contributed by atoms with van der Waals surface area (Å²) in [6.07, 6.45) is 2.16. The van der Waals surface area contributed by atoms with Crippen LogP contribution in [0, 0.1) is 0 Å². The van der Waals surface area contributed by atoms with Gasteiger partial charge >= 0.3 is 0 Å². The first-order valence-electron chi connectivity index (χ1n) is 7.27. The summed E-state index contributed by atoms with van der Waals surface area (Å²) in [4.78, 5) is 12.0.